The summed E-state index contributed by atoms with van der Waals surface area (Å²) in [5.41, 5.74) is 2.65. The van der Waals surface area contributed by atoms with Crippen LogP contribution in [-0.4, -0.2) is 16.8 Å². The molecule has 3 nitrogen and oxygen atoms in total. The minimum atomic E-state index is 0.132. The highest BCUT2D eigenvalue weighted by molar-refractivity contribution is 6.31. The maximum atomic E-state index is 6.45. The van der Waals surface area contributed by atoms with Crippen LogP contribution in [0.15, 0.2) is 36.5 Å². The van der Waals surface area contributed by atoms with Crippen LogP contribution in [0.3, 0.4) is 0 Å². The number of hydrogen-bond donors (Lipinski definition) is 1. The van der Waals surface area contributed by atoms with Gasteiger partial charge in [-0.05, 0) is 32.4 Å². The Morgan fingerprint density at radius 1 is 1.33 bits per heavy atom. The molecule has 0 amide bonds. The molecule has 0 saturated heterocycles. The van der Waals surface area contributed by atoms with Crippen LogP contribution in [0.1, 0.15) is 43.5 Å². The number of aryl methyl sites for hydroxylation is 1. The molecule has 0 aliphatic heterocycles. The zero-order valence-corrected chi connectivity index (χ0v) is 13.4. The molecular weight excluding hydrogens is 282 g/mol. The monoisotopic (exact) mass is 303 g/mol. The van der Waals surface area contributed by atoms with Crippen molar-refractivity contribution < 1.29 is 0 Å². The van der Waals surface area contributed by atoms with Gasteiger partial charge in [0.05, 0.1) is 23.0 Å². The van der Waals surface area contributed by atoms with Crippen LogP contribution in [0.25, 0.3) is 0 Å². The summed E-state index contributed by atoms with van der Waals surface area (Å²) in [5.74, 6) is 0. The zero-order valence-electron chi connectivity index (χ0n) is 12.6. The summed E-state index contributed by atoms with van der Waals surface area (Å²) < 4.78 is 2.02. The molecule has 1 aromatic carbocycles. The summed E-state index contributed by atoms with van der Waals surface area (Å²) >= 11 is 6.45. The lowest BCUT2D eigenvalue weighted by molar-refractivity contribution is 0.169. The number of rotatable bonds is 5. The summed E-state index contributed by atoms with van der Waals surface area (Å²) in [6.45, 7) is 2.95. The van der Waals surface area contributed by atoms with Gasteiger partial charge in [-0.25, -0.2) is 0 Å². The largest absolute Gasteiger partial charge is 0.311 e. The Morgan fingerprint density at radius 2 is 2.05 bits per heavy atom. The molecule has 4 heteroatoms. The van der Waals surface area contributed by atoms with Crippen LogP contribution in [0.5, 0.6) is 0 Å². The van der Waals surface area contributed by atoms with Crippen molar-refractivity contribution in [2.45, 2.75) is 44.2 Å². The van der Waals surface area contributed by atoms with Gasteiger partial charge in [-0.1, -0.05) is 48.4 Å². The Balaban J connectivity index is 2.08. The van der Waals surface area contributed by atoms with Crippen molar-refractivity contribution in [1.82, 2.24) is 15.1 Å². The highest BCUT2D eigenvalue weighted by Gasteiger charge is 2.47. The molecule has 1 aromatic heterocycles. The van der Waals surface area contributed by atoms with Gasteiger partial charge in [-0.3, -0.25) is 4.68 Å². The molecular formula is C17H22ClN3. The zero-order chi connectivity index (χ0) is 14.9. The molecule has 0 bridgehead atoms. The molecule has 1 atom stereocenters. The second kappa shape index (κ2) is 5.82. The molecule has 1 fully saturated rings. The van der Waals surface area contributed by atoms with Crippen molar-refractivity contribution in [3.63, 3.8) is 0 Å². The molecule has 21 heavy (non-hydrogen) atoms. The average Bonchev–Trinajstić information content (AvgIpc) is 2.84. The van der Waals surface area contributed by atoms with E-state index in [4.69, 9.17) is 11.6 Å². The van der Waals surface area contributed by atoms with Crippen molar-refractivity contribution in [2.75, 3.05) is 7.05 Å². The van der Waals surface area contributed by atoms with E-state index in [1.807, 2.05) is 11.7 Å². The first-order chi connectivity index (χ1) is 10.2. The fraction of sp³-hybridized carbons (Fsp3) is 0.471. The van der Waals surface area contributed by atoms with Crippen molar-refractivity contribution in [3.8, 4) is 0 Å². The normalized spacial score (nSPS) is 18.2. The Hall–Kier alpha value is -1.32. The van der Waals surface area contributed by atoms with Crippen LogP contribution in [0.4, 0.5) is 0 Å². The van der Waals surface area contributed by atoms with Crippen molar-refractivity contribution in [1.29, 1.82) is 0 Å². The molecule has 1 heterocycles. The Bertz CT molecular complexity index is 602. The Kier molecular flexibility index (Phi) is 4.05. The highest BCUT2D eigenvalue weighted by atomic mass is 35.5. The van der Waals surface area contributed by atoms with E-state index in [1.165, 1.54) is 24.8 Å². The van der Waals surface area contributed by atoms with Gasteiger partial charge in [0.15, 0.2) is 0 Å². The molecule has 1 saturated carbocycles. The second-order valence-electron chi connectivity index (χ2n) is 5.79. The van der Waals surface area contributed by atoms with E-state index in [1.54, 1.807) is 6.20 Å². The van der Waals surface area contributed by atoms with Gasteiger partial charge in [0.2, 0.25) is 0 Å². The Labute approximate surface area is 131 Å². The molecule has 1 aliphatic rings. The summed E-state index contributed by atoms with van der Waals surface area (Å²) in [7, 11) is 2.02. The fourth-order valence-electron chi connectivity index (χ4n) is 3.66. The lowest BCUT2D eigenvalue weighted by atomic mass is 9.59. The maximum Gasteiger partial charge on any atom is 0.0834 e. The van der Waals surface area contributed by atoms with E-state index >= 15 is 0 Å². The maximum absolute atomic E-state index is 6.45. The van der Waals surface area contributed by atoms with Crippen molar-refractivity contribution in [2.24, 2.45) is 0 Å². The molecule has 1 N–H and O–H groups in total. The molecule has 0 radical (unpaired) electrons. The lowest BCUT2D eigenvalue weighted by Crippen LogP contribution is -2.46. The van der Waals surface area contributed by atoms with Crippen molar-refractivity contribution in [3.05, 3.63) is 52.8 Å². The first-order valence-corrected chi connectivity index (χ1v) is 8.04. The smallest absolute Gasteiger partial charge is 0.0834 e. The molecule has 2 aromatic rings. The third-order valence-electron chi connectivity index (χ3n) is 4.84. The number of benzene rings is 1. The predicted octanol–water partition coefficient (Wildman–Crippen LogP) is 3.94. The van der Waals surface area contributed by atoms with Crippen molar-refractivity contribution >= 4 is 11.6 Å². The first kappa shape index (κ1) is 14.6. The SMILES string of the molecule is CCn1ncc(Cl)c1C(NC)C1(c2ccccc2)CCC1. The van der Waals surface area contributed by atoms with E-state index in [0.717, 1.165) is 17.3 Å². The average molecular weight is 304 g/mol. The first-order valence-electron chi connectivity index (χ1n) is 7.67. The van der Waals surface area contributed by atoms with Gasteiger partial charge in [-0.2, -0.15) is 5.10 Å². The van der Waals surface area contributed by atoms with Gasteiger partial charge in [0.25, 0.3) is 0 Å². The van der Waals surface area contributed by atoms with Gasteiger partial charge < -0.3 is 5.32 Å². The number of likely N-dealkylation sites (N-methyl/N-ethyl adjacent to an activating group) is 1. The summed E-state index contributed by atoms with van der Waals surface area (Å²) in [6.07, 6.45) is 5.41. The number of hydrogen-bond acceptors (Lipinski definition) is 2. The summed E-state index contributed by atoms with van der Waals surface area (Å²) in [6, 6.07) is 11.0. The van der Waals surface area contributed by atoms with E-state index in [0.29, 0.717) is 0 Å². The quantitative estimate of drug-likeness (QED) is 0.906. The lowest BCUT2D eigenvalue weighted by Gasteiger charge is -2.48. The van der Waals surface area contributed by atoms with E-state index in [2.05, 4.69) is 47.7 Å². The van der Waals surface area contributed by atoms with Crippen LogP contribution in [0.2, 0.25) is 5.02 Å². The van der Waals surface area contributed by atoms with Gasteiger partial charge in [0, 0.05) is 12.0 Å². The van der Waals surface area contributed by atoms with Crippen LogP contribution in [-0.2, 0) is 12.0 Å². The van der Waals surface area contributed by atoms with Crippen LogP contribution >= 0.6 is 11.6 Å². The van der Waals surface area contributed by atoms with Gasteiger partial charge in [0.1, 0.15) is 0 Å². The highest BCUT2D eigenvalue weighted by Crippen LogP contribution is 2.52. The second-order valence-corrected chi connectivity index (χ2v) is 6.20. The van der Waals surface area contributed by atoms with Crippen LogP contribution < -0.4 is 5.32 Å². The standard InChI is InChI=1S/C17H22ClN3/c1-3-21-15(14(18)12-20-21)16(19-2)17(10-7-11-17)13-8-5-4-6-9-13/h4-6,8-9,12,16,19H,3,7,10-11H2,1-2H3. The minimum Gasteiger partial charge on any atom is -0.311 e. The van der Waals surface area contributed by atoms with E-state index < -0.39 is 0 Å². The molecule has 0 spiro atoms. The van der Waals surface area contributed by atoms with Gasteiger partial charge >= 0.3 is 0 Å². The number of aromatic nitrogens is 2. The minimum absolute atomic E-state index is 0.132. The van der Waals surface area contributed by atoms with Gasteiger partial charge in [-0.15, -0.1) is 0 Å². The van der Waals surface area contributed by atoms with E-state index in [-0.39, 0.29) is 11.5 Å². The molecule has 1 aliphatic carbocycles. The molecule has 112 valence electrons. The molecule has 1 unspecified atom stereocenters. The number of halogens is 1. The third kappa shape index (κ3) is 2.29. The number of nitrogens with zero attached hydrogens (tertiary/aromatic N) is 2. The topological polar surface area (TPSA) is 29.9 Å². The Morgan fingerprint density at radius 3 is 2.57 bits per heavy atom. The van der Waals surface area contributed by atoms with Crippen LogP contribution in [0, 0.1) is 0 Å². The number of nitrogens with one attached hydrogen (secondary N) is 1. The summed E-state index contributed by atoms with van der Waals surface area (Å²) in [4.78, 5) is 0. The third-order valence-corrected chi connectivity index (χ3v) is 5.13. The molecule has 3 rings (SSSR count). The predicted molar refractivity (Wildman–Crippen MR) is 86.7 cm³/mol. The van der Waals surface area contributed by atoms with E-state index in [9.17, 15) is 0 Å². The summed E-state index contributed by atoms with van der Waals surface area (Å²) in [5, 5.41) is 8.69. The fourth-order valence-corrected chi connectivity index (χ4v) is 3.91.